The van der Waals surface area contributed by atoms with Gasteiger partial charge in [-0.15, -0.1) is 0 Å². The van der Waals surface area contributed by atoms with Crippen molar-refractivity contribution >= 4 is 5.97 Å². The molecule has 0 amide bonds. The second kappa shape index (κ2) is 5.00. The molecule has 78 valence electrons. The maximum atomic E-state index is 11.4. The highest BCUT2D eigenvalue weighted by atomic mass is 16.5. The predicted molar refractivity (Wildman–Crippen MR) is 57.5 cm³/mol. The normalized spacial score (nSPS) is 10.2. The van der Waals surface area contributed by atoms with E-state index in [0.717, 1.165) is 5.57 Å². The van der Waals surface area contributed by atoms with E-state index < -0.39 is 5.97 Å². The molecule has 0 bridgehead atoms. The molecule has 3 nitrogen and oxygen atoms in total. The molecule has 1 rings (SSSR count). The Balaban J connectivity index is 2.70. The van der Waals surface area contributed by atoms with Gasteiger partial charge >= 0.3 is 5.97 Å². The van der Waals surface area contributed by atoms with Crippen molar-refractivity contribution in [2.75, 3.05) is 0 Å². The molecular formula is C12H12O3. The second-order valence-electron chi connectivity index (χ2n) is 3.07. The Kier molecular flexibility index (Phi) is 3.68. The zero-order valence-electron chi connectivity index (χ0n) is 8.43. The molecule has 1 N–H and O–H groups in total. The molecule has 0 heterocycles. The summed E-state index contributed by atoms with van der Waals surface area (Å²) in [6, 6.07) is 6.21. The van der Waals surface area contributed by atoms with Crippen molar-refractivity contribution in [2.24, 2.45) is 0 Å². The van der Waals surface area contributed by atoms with Crippen LogP contribution in [0.3, 0.4) is 0 Å². The summed E-state index contributed by atoms with van der Waals surface area (Å²) in [5.41, 5.74) is 0.920. The van der Waals surface area contributed by atoms with E-state index in [4.69, 9.17) is 4.74 Å². The fourth-order valence-electron chi connectivity index (χ4n) is 0.922. The number of ether oxygens (including phenoxy) is 1. The molecule has 0 radical (unpaired) electrons. The first-order valence-electron chi connectivity index (χ1n) is 4.42. The number of carbonyl (C=O) groups excluding carboxylic acids is 1. The molecule has 0 aliphatic rings. The third kappa shape index (κ3) is 3.31. The molecule has 1 aromatic carbocycles. The van der Waals surface area contributed by atoms with Gasteiger partial charge in [-0.05, 0) is 25.1 Å². The number of benzene rings is 1. The van der Waals surface area contributed by atoms with Gasteiger partial charge < -0.3 is 9.84 Å². The lowest BCUT2D eigenvalue weighted by Gasteiger charge is -2.01. The summed E-state index contributed by atoms with van der Waals surface area (Å²) in [7, 11) is 0. The van der Waals surface area contributed by atoms with Crippen molar-refractivity contribution in [3.63, 3.8) is 0 Å². The monoisotopic (exact) mass is 204 g/mol. The Morgan fingerprint density at radius 2 is 2.13 bits per heavy atom. The first kappa shape index (κ1) is 11.0. The van der Waals surface area contributed by atoms with E-state index in [1.807, 2.05) is 0 Å². The minimum absolute atomic E-state index is 0.0915. The van der Waals surface area contributed by atoms with Gasteiger partial charge in [-0.25, -0.2) is 4.79 Å². The highest BCUT2D eigenvalue weighted by Gasteiger charge is 2.09. The Hall–Kier alpha value is -2.03. The molecule has 1 aromatic rings. The minimum atomic E-state index is -0.592. The number of hydrogen-bond acceptors (Lipinski definition) is 3. The van der Waals surface area contributed by atoms with E-state index in [9.17, 15) is 9.90 Å². The van der Waals surface area contributed by atoms with Crippen molar-refractivity contribution in [1.82, 2.24) is 0 Å². The lowest BCUT2D eigenvalue weighted by atomic mass is 10.2. The number of phenols is 1. The third-order valence-corrected chi connectivity index (χ3v) is 1.65. The lowest BCUT2D eigenvalue weighted by Crippen LogP contribution is -2.00. The molecule has 0 fully saturated rings. The number of rotatable bonds is 3. The lowest BCUT2D eigenvalue weighted by molar-refractivity contribution is 0.0660. The average Bonchev–Trinajstić information content (AvgIpc) is 2.17. The van der Waals surface area contributed by atoms with Crippen LogP contribution in [0.15, 0.2) is 48.8 Å². The Bertz CT molecular complexity index is 405. The number of para-hydroxylation sites is 1. The molecule has 0 atom stereocenters. The first-order valence-corrected chi connectivity index (χ1v) is 4.42. The van der Waals surface area contributed by atoms with Gasteiger partial charge in [0.15, 0.2) is 0 Å². The van der Waals surface area contributed by atoms with Crippen LogP contribution in [0.25, 0.3) is 0 Å². The SMILES string of the molecule is C=C(C)C=COC(=O)c1ccccc1O. The molecule has 0 unspecified atom stereocenters. The van der Waals surface area contributed by atoms with Crippen LogP contribution >= 0.6 is 0 Å². The summed E-state index contributed by atoms with van der Waals surface area (Å²) >= 11 is 0. The molecular weight excluding hydrogens is 192 g/mol. The first-order chi connectivity index (χ1) is 7.11. The molecule has 0 spiro atoms. The largest absolute Gasteiger partial charge is 0.507 e. The quantitative estimate of drug-likeness (QED) is 0.467. The molecule has 0 aliphatic carbocycles. The number of carbonyl (C=O) groups is 1. The fraction of sp³-hybridized carbons (Fsp3) is 0.0833. The zero-order valence-corrected chi connectivity index (χ0v) is 8.43. The van der Waals surface area contributed by atoms with Gasteiger partial charge in [-0.1, -0.05) is 24.3 Å². The number of esters is 1. The maximum Gasteiger partial charge on any atom is 0.346 e. The molecule has 3 heteroatoms. The van der Waals surface area contributed by atoms with Crippen LogP contribution in [0.4, 0.5) is 0 Å². The van der Waals surface area contributed by atoms with E-state index in [1.54, 1.807) is 25.1 Å². The standard InChI is InChI=1S/C12H12O3/c1-9(2)7-8-15-12(14)10-5-3-4-6-11(10)13/h3-8,13H,1H2,2H3. The summed E-state index contributed by atoms with van der Waals surface area (Å²) < 4.78 is 4.78. The van der Waals surface area contributed by atoms with Gasteiger partial charge in [-0.2, -0.15) is 0 Å². The fourth-order valence-corrected chi connectivity index (χ4v) is 0.922. The van der Waals surface area contributed by atoms with Gasteiger partial charge in [0, 0.05) is 0 Å². The van der Waals surface area contributed by atoms with E-state index >= 15 is 0 Å². The van der Waals surface area contributed by atoms with Gasteiger partial charge in [0.25, 0.3) is 0 Å². The Labute approximate surface area is 88.3 Å². The van der Waals surface area contributed by atoms with E-state index in [0.29, 0.717) is 0 Å². The van der Waals surface area contributed by atoms with E-state index in [2.05, 4.69) is 6.58 Å². The van der Waals surface area contributed by atoms with Crippen molar-refractivity contribution in [1.29, 1.82) is 0 Å². The minimum Gasteiger partial charge on any atom is -0.507 e. The van der Waals surface area contributed by atoms with Crippen molar-refractivity contribution in [3.05, 3.63) is 54.3 Å². The summed E-state index contributed by atoms with van der Waals surface area (Å²) in [6.45, 7) is 5.40. The molecule has 0 saturated carbocycles. The van der Waals surface area contributed by atoms with Crippen LogP contribution in [-0.2, 0) is 4.74 Å². The molecule has 0 aliphatic heterocycles. The highest BCUT2D eigenvalue weighted by molar-refractivity contribution is 5.92. The third-order valence-electron chi connectivity index (χ3n) is 1.65. The Morgan fingerprint density at radius 3 is 2.73 bits per heavy atom. The predicted octanol–water partition coefficient (Wildman–Crippen LogP) is 2.64. The number of hydrogen-bond donors (Lipinski definition) is 1. The highest BCUT2D eigenvalue weighted by Crippen LogP contribution is 2.16. The van der Waals surface area contributed by atoms with Crippen LogP contribution in [0.5, 0.6) is 5.75 Å². The topological polar surface area (TPSA) is 46.5 Å². The summed E-state index contributed by atoms with van der Waals surface area (Å²) in [5.74, 6) is -0.683. The van der Waals surface area contributed by atoms with Crippen LogP contribution in [0.2, 0.25) is 0 Å². The van der Waals surface area contributed by atoms with Crippen molar-refractivity contribution in [2.45, 2.75) is 6.92 Å². The average molecular weight is 204 g/mol. The van der Waals surface area contributed by atoms with Crippen LogP contribution in [-0.4, -0.2) is 11.1 Å². The zero-order chi connectivity index (χ0) is 11.3. The summed E-state index contributed by atoms with van der Waals surface area (Å²) in [6.07, 6.45) is 2.81. The summed E-state index contributed by atoms with van der Waals surface area (Å²) in [4.78, 5) is 11.4. The van der Waals surface area contributed by atoms with Gasteiger partial charge in [-0.3, -0.25) is 0 Å². The van der Waals surface area contributed by atoms with E-state index in [-0.39, 0.29) is 11.3 Å². The second-order valence-corrected chi connectivity index (χ2v) is 3.07. The smallest absolute Gasteiger partial charge is 0.346 e. The molecule has 0 saturated heterocycles. The van der Waals surface area contributed by atoms with Crippen molar-refractivity contribution in [3.8, 4) is 5.75 Å². The van der Waals surface area contributed by atoms with Crippen LogP contribution in [0, 0.1) is 0 Å². The Morgan fingerprint density at radius 1 is 1.47 bits per heavy atom. The van der Waals surface area contributed by atoms with Crippen LogP contribution in [0.1, 0.15) is 17.3 Å². The number of phenolic OH excluding ortho intramolecular Hbond substituents is 1. The van der Waals surface area contributed by atoms with Crippen LogP contribution < -0.4 is 0 Å². The van der Waals surface area contributed by atoms with Crippen molar-refractivity contribution < 1.29 is 14.6 Å². The number of allylic oxidation sites excluding steroid dienone is 2. The summed E-state index contributed by atoms with van der Waals surface area (Å²) in [5, 5.41) is 9.35. The van der Waals surface area contributed by atoms with Gasteiger partial charge in [0.05, 0.1) is 6.26 Å². The molecule has 15 heavy (non-hydrogen) atoms. The van der Waals surface area contributed by atoms with E-state index in [1.165, 1.54) is 18.4 Å². The maximum absolute atomic E-state index is 11.4. The van der Waals surface area contributed by atoms with Gasteiger partial charge in [0.1, 0.15) is 11.3 Å². The number of aromatic hydroxyl groups is 1. The molecule has 0 aromatic heterocycles. The van der Waals surface area contributed by atoms with Gasteiger partial charge in [0.2, 0.25) is 0 Å².